The Kier molecular flexibility index (Phi) is 13.8. The predicted octanol–water partition coefficient (Wildman–Crippen LogP) is 5.55. The number of alkyl carbamates (subject to hydrolysis) is 1. The van der Waals surface area contributed by atoms with E-state index in [0.717, 1.165) is 31.2 Å². The fourth-order valence-electron chi connectivity index (χ4n) is 2.92. The molecule has 7 nitrogen and oxygen atoms in total. The van der Waals surface area contributed by atoms with E-state index < -0.39 is 12.2 Å². The van der Waals surface area contributed by atoms with Gasteiger partial charge in [0, 0.05) is 13.0 Å². The minimum Gasteiger partial charge on any atom is -0.445 e. The molecule has 0 atom stereocenters. The molecule has 0 saturated carbocycles. The Labute approximate surface area is 179 Å². The van der Waals surface area contributed by atoms with E-state index in [1.807, 2.05) is 0 Å². The number of hydrogen-bond acceptors (Lipinski definition) is 6. The number of carbonyl (C=O) groups is 3. The molecule has 1 aromatic carbocycles. The first kappa shape index (κ1) is 25.5. The van der Waals surface area contributed by atoms with Gasteiger partial charge in [0.05, 0.1) is 7.11 Å². The molecule has 0 heterocycles. The van der Waals surface area contributed by atoms with Crippen LogP contribution >= 0.6 is 0 Å². The topological polar surface area (TPSA) is 90.9 Å². The van der Waals surface area contributed by atoms with Crippen molar-refractivity contribution in [2.24, 2.45) is 0 Å². The summed E-state index contributed by atoms with van der Waals surface area (Å²) in [5.74, 6) is 0.650. The van der Waals surface area contributed by atoms with Crippen molar-refractivity contribution in [3.05, 3.63) is 29.8 Å². The summed E-state index contributed by atoms with van der Waals surface area (Å²) >= 11 is 0. The van der Waals surface area contributed by atoms with Crippen molar-refractivity contribution >= 4 is 18.0 Å². The lowest BCUT2D eigenvalue weighted by Crippen LogP contribution is -2.25. The summed E-state index contributed by atoms with van der Waals surface area (Å²) in [4.78, 5) is 33.6. The molecular formula is C23H35NO6. The molecule has 0 saturated heterocycles. The minimum absolute atomic E-state index is 0.150. The van der Waals surface area contributed by atoms with Gasteiger partial charge in [-0.15, -0.1) is 0 Å². The van der Waals surface area contributed by atoms with Crippen LogP contribution in [0.4, 0.5) is 9.59 Å². The van der Waals surface area contributed by atoms with Crippen LogP contribution in [-0.2, 0) is 20.9 Å². The molecule has 0 unspecified atom stereocenters. The number of unbranched alkanes of at least 4 members (excludes halogenated alkanes) is 8. The van der Waals surface area contributed by atoms with Gasteiger partial charge < -0.3 is 24.3 Å². The van der Waals surface area contributed by atoms with Gasteiger partial charge in [-0.3, -0.25) is 0 Å². The van der Waals surface area contributed by atoms with Crippen LogP contribution in [-0.4, -0.2) is 31.7 Å². The third kappa shape index (κ3) is 13.6. The summed E-state index contributed by atoms with van der Waals surface area (Å²) in [6.07, 6.45) is 9.77. The van der Waals surface area contributed by atoms with Gasteiger partial charge >= 0.3 is 12.2 Å². The normalized spacial score (nSPS) is 10.3. The zero-order chi connectivity index (χ0) is 22.0. The number of nitrogens with one attached hydrogen (secondary N) is 1. The van der Waals surface area contributed by atoms with Gasteiger partial charge in [0.2, 0.25) is 0 Å². The predicted molar refractivity (Wildman–Crippen MR) is 115 cm³/mol. The number of ketones is 1. The highest BCUT2D eigenvalue weighted by molar-refractivity contribution is 5.75. The number of amides is 1. The molecular weight excluding hydrogens is 386 g/mol. The molecule has 168 valence electrons. The van der Waals surface area contributed by atoms with Crippen molar-refractivity contribution in [2.75, 3.05) is 13.7 Å². The van der Waals surface area contributed by atoms with Crippen LogP contribution in [0.15, 0.2) is 24.3 Å². The molecule has 1 aromatic rings. The second kappa shape index (κ2) is 16.3. The Balaban J connectivity index is 1.96. The molecule has 1 amide bonds. The number of methoxy groups -OCH3 is 1. The van der Waals surface area contributed by atoms with E-state index in [-0.39, 0.29) is 12.4 Å². The monoisotopic (exact) mass is 421 g/mol. The van der Waals surface area contributed by atoms with Crippen molar-refractivity contribution in [2.45, 2.75) is 77.7 Å². The number of benzene rings is 1. The molecule has 0 aliphatic carbocycles. The second-order valence-corrected chi connectivity index (χ2v) is 7.34. The van der Waals surface area contributed by atoms with E-state index in [1.165, 1.54) is 39.2 Å². The van der Waals surface area contributed by atoms with Crippen LogP contribution in [0.1, 0.15) is 76.7 Å². The van der Waals surface area contributed by atoms with Gasteiger partial charge in [-0.1, -0.05) is 57.1 Å². The van der Waals surface area contributed by atoms with Gasteiger partial charge in [0.25, 0.3) is 0 Å². The molecule has 30 heavy (non-hydrogen) atoms. The standard InChI is InChI=1S/C23H35NO6/c1-19(25)12-10-8-6-4-3-5-7-9-11-17-24-22(26)29-18-20-13-15-21(16-14-20)30-23(27)28-2/h13-16H,3-12,17-18H2,1-2H3,(H,24,26). The summed E-state index contributed by atoms with van der Waals surface area (Å²) < 4.78 is 14.5. The molecule has 0 radical (unpaired) electrons. The smallest absolute Gasteiger partial charge is 0.445 e. The van der Waals surface area contributed by atoms with E-state index in [4.69, 9.17) is 9.47 Å². The highest BCUT2D eigenvalue weighted by atomic mass is 16.7. The Morgan fingerprint density at radius 3 is 1.97 bits per heavy atom. The summed E-state index contributed by atoms with van der Waals surface area (Å²) in [6, 6.07) is 6.66. The lowest BCUT2D eigenvalue weighted by atomic mass is 10.1. The van der Waals surface area contributed by atoms with Crippen LogP contribution in [0.2, 0.25) is 0 Å². The van der Waals surface area contributed by atoms with Crippen molar-refractivity contribution in [3.63, 3.8) is 0 Å². The Hall–Kier alpha value is -2.57. The third-order valence-corrected chi connectivity index (χ3v) is 4.64. The number of ether oxygens (including phenoxy) is 3. The van der Waals surface area contributed by atoms with Crippen LogP contribution in [0.5, 0.6) is 5.75 Å². The maximum atomic E-state index is 11.7. The Morgan fingerprint density at radius 2 is 1.40 bits per heavy atom. The van der Waals surface area contributed by atoms with Gasteiger partial charge in [-0.05, 0) is 37.5 Å². The van der Waals surface area contributed by atoms with Crippen molar-refractivity contribution in [3.8, 4) is 5.75 Å². The van der Waals surface area contributed by atoms with E-state index in [0.29, 0.717) is 18.7 Å². The van der Waals surface area contributed by atoms with Crippen LogP contribution in [0.25, 0.3) is 0 Å². The van der Waals surface area contributed by atoms with E-state index in [1.54, 1.807) is 31.2 Å². The zero-order valence-electron chi connectivity index (χ0n) is 18.2. The van der Waals surface area contributed by atoms with Crippen LogP contribution in [0.3, 0.4) is 0 Å². The van der Waals surface area contributed by atoms with Crippen LogP contribution in [0, 0.1) is 0 Å². The van der Waals surface area contributed by atoms with E-state index in [2.05, 4.69) is 10.1 Å². The Bertz CT molecular complexity index is 629. The molecule has 7 heteroatoms. The average Bonchev–Trinajstić information content (AvgIpc) is 2.73. The highest BCUT2D eigenvalue weighted by Gasteiger charge is 2.05. The number of hydrogen-bond donors (Lipinski definition) is 1. The van der Waals surface area contributed by atoms with E-state index >= 15 is 0 Å². The molecule has 0 aliphatic rings. The number of carbonyl (C=O) groups excluding carboxylic acids is 3. The van der Waals surface area contributed by atoms with Gasteiger partial charge in [-0.2, -0.15) is 0 Å². The maximum absolute atomic E-state index is 11.7. The zero-order valence-corrected chi connectivity index (χ0v) is 18.2. The molecule has 0 bridgehead atoms. The number of Topliss-reactive ketones (excluding diaryl/α,β-unsaturated/α-hetero) is 1. The van der Waals surface area contributed by atoms with E-state index in [9.17, 15) is 14.4 Å². The molecule has 0 aromatic heterocycles. The SMILES string of the molecule is COC(=O)Oc1ccc(COC(=O)NCCCCCCCCCCCC(C)=O)cc1. The van der Waals surface area contributed by atoms with Gasteiger partial charge in [-0.25, -0.2) is 9.59 Å². The van der Waals surface area contributed by atoms with Gasteiger partial charge in [0.15, 0.2) is 0 Å². The Morgan fingerprint density at radius 1 is 0.833 bits per heavy atom. The van der Waals surface area contributed by atoms with Crippen LogP contribution < -0.4 is 10.1 Å². The first-order chi connectivity index (χ1) is 14.5. The minimum atomic E-state index is -0.778. The van der Waals surface area contributed by atoms with Crippen molar-refractivity contribution in [1.82, 2.24) is 5.32 Å². The number of rotatable bonds is 15. The second-order valence-electron chi connectivity index (χ2n) is 7.34. The molecule has 0 aliphatic heterocycles. The largest absolute Gasteiger partial charge is 0.513 e. The molecule has 1 rings (SSSR count). The average molecular weight is 422 g/mol. The van der Waals surface area contributed by atoms with Crippen molar-refractivity contribution < 1.29 is 28.6 Å². The fourth-order valence-corrected chi connectivity index (χ4v) is 2.92. The lowest BCUT2D eigenvalue weighted by Gasteiger charge is -2.08. The molecule has 0 spiro atoms. The fraction of sp³-hybridized carbons (Fsp3) is 0.609. The summed E-state index contributed by atoms with van der Waals surface area (Å²) in [5.41, 5.74) is 0.795. The maximum Gasteiger partial charge on any atom is 0.513 e. The third-order valence-electron chi connectivity index (χ3n) is 4.64. The molecule has 0 fully saturated rings. The first-order valence-corrected chi connectivity index (χ1v) is 10.8. The quantitative estimate of drug-likeness (QED) is 0.227. The summed E-state index contributed by atoms with van der Waals surface area (Å²) in [5, 5.41) is 2.76. The lowest BCUT2D eigenvalue weighted by molar-refractivity contribution is -0.117. The summed E-state index contributed by atoms with van der Waals surface area (Å²) in [6.45, 7) is 2.41. The highest BCUT2D eigenvalue weighted by Crippen LogP contribution is 2.14. The first-order valence-electron chi connectivity index (χ1n) is 10.8. The summed E-state index contributed by atoms with van der Waals surface area (Å²) in [7, 11) is 1.24. The van der Waals surface area contributed by atoms with Crippen molar-refractivity contribution in [1.29, 1.82) is 0 Å². The van der Waals surface area contributed by atoms with Gasteiger partial charge in [0.1, 0.15) is 18.1 Å². The molecule has 1 N–H and O–H groups in total.